The van der Waals surface area contributed by atoms with Gasteiger partial charge in [-0.1, -0.05) is 34.1 Å². The second kappa shape index (κ2) is 10.8. The average Bonchev–Trinajstić information content (AvgIpc) is 2.46. The molecule has 1 aromatic rings. The van der Waals surface area contributed by atoms with Gasteiger partial charge in [0, 0.05) is 30.7 Å². The zero-order valence-electron chi connectivity index (χ0n) is 12.7. The number of amides is 1. The average molecular weight is 358 g/mol. The van der Waals surface area contributed by atoms with Gasteiger partial charge in [0.1, 0.15) is 0 Å². The van der Waals surface area contributed by atoms with Crippen LogP contribution in [0.4, 0.5) is 0 Å². The highest BCUT2D eigenvalue weighted by Crippen LogP contribution is 2.16. The maximum absolute atomic E-state index is 11.9. The van der Waals surface area contributed by atoms with Crippen molar-refractivity contribution in [1.29, 1.82) is 0 Å². The van der Waals surface area contributed by atoms with Crippen molar-refractivity contribution >= 4 is 21.8 Å². The molecule has 0 radical (unpaired) electrons. The van der Waals surface area contributed by atoms with Crippen molar-refractivity contribution < 1.29 is 14.3 Å². The molecule has 0 heterocycles. The largest absolute Gasteiger partial charge is 0.356 e. The summed E-state index contributed by atoms with van der Waals surface area (Å²) in [5.74, 6) is 0.0336. The van der Waals surface area contributed by atoms with Crippen molar-refractivity contribution in [2.24, 2.45) is 0 Å². The third-order valence-electron chi connectivity index (χ3n) is 2.95. The molecule has 4 nitrogen and oxygen atoms in total. The van der Waals surface area contributed by atoms with Crippen molar-refractivity contribution in [1.82, 2.24) is 5.32 Å². The Kier molecular flexibility index (Phi) is 9.30. The van der Waals surface area contributed by atoms with Crippen LogP contribution in [0.2, 0.25) is 0 Å². The minimum Gasteiger partial charge on any atom is -0.356 e. The Balaban J connectivity index is 2.23. The van der Waals surface area contributed by atoms with Gasteiger partial charge in [0.15, 0.2) is 6.29 Å². The quantitative estimate of drug-likeness (QED) is 0.516. The van der Waals surface area contributed by atoms with Gasteiger partial charge in [-0.25, -0.2) is 0 Å². The first-order chi connectivity index (χ1) is 10.2. The van der Waals surface area contributed by atoms with Gasteiger partial charge in [-0.05, 0) is 31.9 Å². The Labute approximate surface area is 135 Å². The standard InChI is InChI=1S/C16H24BrNO3/c1-3-20-16(21-4-2)10-7-11-18-15(19)12-13-8-5-6-9-14(13)17/h5-6,8-9,16H,3-4,7,10-12H2,1-2H3,(H,18,19). The van der Waals surface area contributed by atoms with Crippen LogP contribution in [0.3, 0.4) is 0 Å². The van der Waals surface area contributed by atoms with Gasteiger partial charge < -0.3 is 14.8 Å². The van der Waals surface area contributed by atoms with E-state index in [9.17, 15) is 4.79 Å². The molecule has 0 bridgehead atoms. The van der Waals surface area contributed by atoms with Gasteiger partial charge in [-0.2, -0.15) is 0 Å². The molecule has 0 aliphatic carbocycles. The van der Waals surface area contributed by atoms with E-state index in [2.05, 4.69) is 21.2 Å². The monoisotopic (exact) mass is 357 g/mol. The first kappa shape index (κ1) is 18.1. The van der Waals surface area contributed by atoms with Crippen LogP contribution < -0.4 is 5.32 Å². The second-order valence-electron chi connectivity index (χ2n) is 4.60. The minimum absolute atomic E-state index is 0.0336. The molecular formula is C16H24BrNO3. The number of hydrogen-bond donors (Lipinski definition) is 1. The number of hydrogen-bond acceptors (Lipinski definition) is 3. The Morgan fingerprint density at radius 3 is 2.52 bits per heavy atom. The lowest BCUT2D eigenvalue weighted by atomic mass is 10.1. The number of halogens is 1. The van der Waals surface area contributed by atoms with Crippen LogP contribution in [0.5, 0.6) is 0 Å². The molecule has 5 heteroatoms. The maximum Gasteiger partial charge on any atom is 0.224 e. The third-order valence-corrected chi connectivity index (χ3v) is 3.73. The zero-order chi connectivity index (χ0) is 15.5. The Bertz CT molecular complexity index is 420. The maximum atomic E-state index is 11.9. The number of benzene rings is 1. The van der Waals surface area contributed by atoms with Crippen molar-refractivity contribution in [2.45, 2.75) is 39.4 Å². The first-order valence-corrected chi connectivity index (χ1v) is 8.20. The van der Waals surface area contributed by atoms with E-state index in [4.69, 9.17) is 9.47 Å². The zero-order valence-corrected chi connectivity index (χ0v) is 14.3. The Morgan fingerprint density at radius 2 is 1.90 bits per heavy atom. The van der Waals surface area contributed by atoms with E-state index in [1.807, 2.05) is 38.1 Å². The first-order valence-electron chi connectivity index (χ1n) is 7.40. The summed E-state index contributed by atoms with van der Waals surface area (Å²) in [6, 6.07) is 7.76. The van der Waals surface area contributed by atoms with Crippen molar-refractivity contribution in [2.75, 3.05) is 19.8 Å². The number of nitrogens with one attached hydrogen (secondary N) is 1. The van der Waals surface area contributed by atoms with E-state index in [0.29, 0.717) is 26.2 Å². The molecule has 0 aliphatic heterocycles. The molecule has 0 unspecified atom stereocenters. The van der Waals surface area contributed by atoms with Gasteiger partial charge in [0.05, 0.1) is 6.42 Å². The molecule has 0 saturated heterocycles. The highest BCUT2D eigenvalue weighted by molar-refractivity contribution is 9.10. The highest BCUT2D eigenvalue weighted by atomic mass is 79.9. The minimum atomic E-state index is -0.167. The SMILES string of the molecule is CCOC(CCCNC(=O)Cc1ccccc1Br)OCC. The summed E-state index contributed by atoms with van der Waals surface area (Å²) in [4.78, 5) is 11.9. The predicted molar refractivity (Wildman–Crippen MR) is 87.1 cm³/mol. The number of rotatable bonds is 10. The van der Waals surface area contributed by atoms with E-state index in [0.717, 1.165) is 22.9 Å². The third kappa shape index (κ3) is 7.60. The molecule has 1 amide bonds. The Hall–Kier alpha value is -0.910. The smallest absolute Gasteiger partial charge is 0.224 e. The topological polar surface area (TPSA) is 47.6 Å². The summed E-state index contributed by atoms with van der Waals surface area (Å²) >= 11 is 3.45. The van der Waals surface area contributed by atoms with Crippen LogP contribution in [-0.4, -0.2) is 32.0 Å². The lowest BCUT2D eigenvalue weighted by molar-refractivity contribution is -0.140. The van der Waals surface area contributed by atoms with Gasteiger partial charge in [-0.3, -0.25) is 4.79 Å². The van der Waals surface area contributed by atoms with Crippen LogP contribution in [-0.2, 0) is 20.7 Å². The molecule has 1 rings (SSSR count). The van der Waals surface area contributed by atoms with Crippen molar-refractivity contribution in [3.63, 3.8) is 0 Å². The summed E-state index contributed by atoms with van der Waals surface area (Å²) in [6.45, 7) is 5.81. The van der Waals surface area contributed by atoms with Crippen LogP contribution in [0, 0.1) is 0 Å². The molecule has 1 aromatic carbocycles. The molecule has 0 saturated carbocycles. The van der Waals surface area contributed by atoms with E-state index >= 15 is 0 Å². The Morgan fingerprint density at radius 1 is 1.24 bits per heavy atom. The lowest BCUT2D eigenvalue weighted by Crippen LogP contribution is -2.27. The summed E-state index contributed by atoms with van der Waals surface area (Å²) in [7, 11) is 0. The highest BCUT2D eigenvalue weighted by Gasteiger charge is 2.09. The van der Waals surface area contributed by atoms with Crippen molar-refractivity contribution in [3.05, 3.63) is 34.3 Å². The molecule has 0 aromatic heterocycles. The molecule has 0 aliphatic rings. The summed E-state index contributed by atoms with van der Waals surface area (Å²) in [5, 5.41) is 2.93. The molecule has 1 N–H and O–H groups in total. The number of ether oxygens (including phenoxy) is 2. The van der Waals surface area contributed by atoms with E-state index < -0.39 is 0 Å². The van der Waals surface area contributed by atoms with E-state index in [1.54, 1.807) is 0 Å². The normalized spacial score (nSPS) is 10.9. The van der Waals surface area contributed by atoms with Crippen LogP contribution in [0.25, 0.3) is 0 Å². The van der Waals surface area contributed by atoms with Gasteiger partial charge in [0.2, 0.25) is 5.91 Å². The summed E-state index contributed by atoms with van der Waals surface area (Å²) in [5.41, 5.74) is 0.997. The molecular weight excluding hydrogens is 334 g/mol. The van der Waals surface area contributed by atoms with Gasteiger partial charge >= 0.3 is 0 Å². The van der Waals surface area contributed by atoms with E-state index in [1.165, 1.54) is 0 Å². The molecule has 21 heavy (non-hydrogen) atoms. The number of carbonyl (C=O) groups excluding carboxylic acids is 1. The van der Waals surface area contributed by atoms with Gasteiger partial charge in [0.25, 0.3) is 0 Å². The predicted octanol–water partition coefficient (Wildman–Crippen LogP) is 3.29. The summed E-state index contributed by atoms with van der Waals surface area (Å²) < 4.78 is 11.9. The van der Waals surface area contributed by atoms with Crippen LogP contribution in [0.15, 0.2) is 28.7 Å². The fourth-order valence-electron chi connectivity index (χ4n) is 1.96. The number of carbonyl (C=O) groups is 1. The molecule has 0 atom stereocenters. The second-order valence-corrected chi connectivity index (χ2v) is 5.45. The molecule has 0 spiro atoms. The molecule has 118 valence electrons. The van der Waals surface area contributed by atoms with Crippen LogP contribution in [0.1, 0.15) is 32.3 Å². The lowest BCUT2D eigenvalue weighted by Gasteiger charge is -2.16. The molecule has 0 fully saturated rings. The fourth-order valence-corrected chi connectivity index (χ4v) is 2.39. The van der Waals surface area contributed by atoms with Crippen molar-refractivity contribution in [3.8, 4) is 0 Å². The van der Waals surface area contributed by atoms with E-state index in [-0.39, 0.29) is 12.2 Å². The fraction of sp³-hybridized carbons (Fsp3) is 0.562. The summed E-state index contributed by atoms with van der Waals surface area (Å²) in [6.07, 6.45) is 1.85. The van der Waals surface area contributed by atoms with Gasteiger partial charge in [-0.15, -0.1) is 0 Å². The van der Waals surface area contributed by atoms with Crippen LogP contribution >= 0.6 is 15.9 Å².